The maximum atomic E-state index is 10.8. The molecule has 6 heteroatoms. The van der Waals surface area contributed by atoms with E-state index in [0.717, 1.165) is 29.0 Å². The average Bonchev–Trinajstić information content (AvgIpc) is 3.46. The van der Waals surface area contributed by atoms with Crippen molar-refractivity contribution in [2.24, 2.45) is 10.9 Å². The normalized spacial score (nSPS) is 19.5. The molecule has 0 bridgehead atoms. The summed E-state index contributed by atoms with van der Waals surface area (Å²) in [7, 11) is 0. The topological polar surface area (TPSA) is 76.8 Å². The quantitative estimate of drug-likeness (QED) is 0.122. The number of allylic oxidation sites excluding steroid dienone is 2. The molecule has 0 unspecified atom stereocenters. The van der Waals surface area contributed by atoms with E-state index < -0.39 is 4.92 Å². The number of hydrogen-bond acceptors (Lipinski definition) is 5. The van der Waals surface area contributed by atoms with Crippen LogP contribution < -0.4 is 10.1 Å². The van der Waals surface area contributed by atoms with Crippen LogP contribution in [0.2, 0.25) is 0 Å². The molecule has 0 saturated heterocycles. The van der Waals surface area contributed by atoms with E-state index in [9.17, 15) is 10.1 Å². The van der Waals surface area contributed by atoms with Gasteiger partial charge in [0.05, 0.1) is 16.7 Å². The van der Waals surface area contributed by atoms with Crippen molar-refractivity contribution in [3.63, 3.8) is 0 Å². The summed E-state index contributed by atoms with van der Waals surface area (Å²) >= 11 is 0. The summed E-state index contributed by atoms with van der Waals surface area (Å²) in [6.07, 6.45) is 7.62. The van der Waals surface area contributed by atoms with Crippen LogP contribution in [-0.2, 0) is 6.61 Å². The van der Waals surface area contributed by atoms with Crippen molar-refractivity contribution in [3.05, 3.63) is 142 Å². The zero-order valence-electron chi connectivity index (χ0n) is 20.7. The fourth-order valence-corrected chi connectivity index (χ4v) is 5.32. The average molecular weight is 502 g/mol. The summed E-state index contributed by atoms with van der Waals surface area (Å²) in [5.74, 6) is 1.72. The maximum Gasteiger partial charge on any atom is 0.269 e. The van der Waals surface area contributed by atoms with Gasteiger partial charge >= 0.3 is 0 Å². The number of aliphatic imine (C=N–C) groups is 1. The lowest BCUT2D eigenvalue weighted by Gasteiger charge is -2.37. The second-order valence-corrected chi connectivity index (χ2v) is 9.69. The Morgan fingerprint density at radius 2 is 1.71 bits per heavy atom. The lowest BCUT2D eigenvalue weighted by atomic mass is 9.77. The zero-order chi connectivity index (χ0) is 25.9. The summed E-state index contributed by atoms with van der Waals surface area (Å²) in [6, 6.07) is 31.5. The lowest BCUT2D eigenvalue weighted by Crippen LogP contribution is -2.28. The third-order valence-electron chi connectivity index (χ3n) is 7.32. The first kappa shape index (κ1) is 23.7. The van der Waals surface area contributed by atoms with Gasteiger partial charge in [-0.15, -0.1) is 0 Å². The van der Waals surface area contributed by atoms with Crippen molar-refractivity contribution in [3.8, 4) is 5.75 Å². The number of hydrogen-bond donors (Lipinski definition) is 1. The van der Waals surface area contributed by atoms with Crippen LogP contribution in [0.15, 0.2) is 114 Å². The predicted octanol–water partition coefficient (Wildman–Crippen LogP) is 7.75. The van der Waals surface area contributed by atoms with E-state index in [0.29, 0.717) is 18.4 Å². The van der Waals surface area contributed by atoms with Gasteiger partial charge < -0.3 is 10.1 Å². The van der Waals surface area contributed by atoms with Crippen LogP contribution in [0.1, 0.15) is 40.6 Å². The van der Waals surface area contributed by atoms with Crippen molar-refractivity contribution in [1.82, 2.24) is 0 Å². The summed E-state index contributed by atoms with van der Waals surface area (Å²) < 4.78 is 5.81. The number of rotatable bonds is 7. The standard InChI is InChI=1S/C32H27N3O3/c36-35(37)26-16-8-23(9-17-26)21-38-27-18-10-22(11-19-27)20-33-25-14-12-24(13-15-25)32-30-6-3-5-28(30)29-4-1-2-7-31(29)34-32/h1-5,7-20,28,30,32,34H,6,21H2/t28-,30+,32+/m1/s1. The molecule has 3 atom stereocenters. The van der Waals surface area contributed by atoms with Gasteiger partial charge in [-0.2, -0.15) is 0 Å². The Morgan fingerprint density at radius 1 is 0.947 bits per heavy atom. The van der Waals surface area contributed by atoms with E-state index in [-0.39, 0.29) is 11.7 Å². The van der Waals surface area contributed by atoms with Crippen molar-refractivity contribution in [2.45, 2.75) is 25.0 Å². The Bertz CT molecular complexity index is 1490. The highest BCUT2D eigenvalue weighted by molar-refractivity contribution is 5.82. The van der Waals surface area contributed by atoms with Crippen LogP contribution in [0.3, 0.4) is 0 Å². The molecule has 0 spiro atoms. The van der Waals surface area contributed by atoms with Crippen LogP contribution >= 0.6 is 0 Å². The fraction of sp³-hybridized carbons (Fsp3) is 0.156. The molecular formula is C32H27N3O3. The molecule has 0 aromatic heterocycles. The Labute approximate surface area is 221 Å². The molecule has 1 heterocycles. The molecule has 1 N–H and O–H groups in total. The third-order valence-corrected chi connectivity index (χ3v) is 7.32. The summed E-state index contributed by atoms with van der Waals surface area (Å²) in [5, 5.41) is 14.6. The smallest absolute Gasteiger partial charge is 0.269 e. The number of nitrogens with zero attached hydrogens (tertiary/aromatic N) is 2. The Kier molecular flexibility index (Phi) is 6.44. The van der Waals surface area contributed by atoms with Crippen molar-refractivity contribution in [2.75, 3.05) is 5.32 Å². The molecule has 1 aliphatic carbocycles. The van der Waals surface area contributed by atoms with Crippen LogP contribution in [0.4, 0.5) is 17.1 Å². The van der Waals surface area contributed by atoms with Gasteiger partial charge in [-0.05, 0) is 89.2 Å². The van der Waals surface area contributed by atoms with Crippen LogP contribution in [0, 0.1) is 16.0 Å². The van der Waals surface area contributed by atoms with E-state index in [1.54, 1.807) is 12.1 Å². The fourth-order valence-electron chi connectivity index (χ4n) is 5.32. The number of para-hydroxylation sites is 1. The Morgan fingerprint density at radius 3 is 2.47 bits per heavy atom. The molecule has 0 amide bonds. The molecule has 4 aromatic rings. The molecule has 6 nitrogen and oxygen atoms in total. The first-order valence-corrected chi connectivity index (χ1v) is 12.8. The monoisotopic (exact) mass is 501 g/mol. The van der Waals surface area contributed by atoms with Gasteiger partial charge in [0.15, 0.2) is 0 Å². The van der Waals surface area contributed by atoms with E-state index in [4.69, 9.17) is 4.74 Å². The second-order valence-electron chi connectivity index (χ2n) is 9.69. The molecule has 188 valence electrons. The predicted molar refractivity (Wildman–Crippen MR) is 150 cm³/mol. The van der Waals surface area contributed by atoms with Gasteiger partial charge in [0.2, 0.25) is 0 Å². The molecule has 0 saturated carbocycles. The van der Waals surface area contributed by atoms with E-state index in [2.05, 4.69) is 71.0 Å². The first-order valence-electron chi connectivity index (χ1n) is 12.8. The third kappa shape index (κ3) is 4.93. The molecule has 38 heavy (non-hydrogen) atoms. The Balaban J connectivity index is 1.07. The summed E-state index contributed by atoms with van der Waals surface area (Å²) in [6.45, 7) is 0.344. The number of non-ortho nitro benzene ring substituents is 1. The maximum absolute atomic E-state index is 10.8. The minimum absolute atomic E-state index is 0.0724. The van der Waals surface area contributed by atoms with Gasteiger partial charge in [0, 0.05) is 30.0 Å². The van der Waals surface area contributed by atoms with Crippen molar-refractivity contribution < 1.29 is 9.66 Å². The summed E-state index contributed by atoms with van der Waals surface area (Å²) in [5.41, 5.74) is 6.73. The van der Waals surface area contributed by atoms with Gasteiger partial charge in [0.1, 0.15) is 12.4 Å². The number of nitrogens with one attached hydrogen (secondary N) is 1. The van der Waals surface area contributed by atoms with Crippen molar-refractivity contribution in [1.29, 1.82) is 0 Å². The Hall–Kier alpha value is -4.71. The molecule has 0 radical (unpaired) electrons. The van der Waals surface area contributed by atoms with Crippen molar-refractivity contribution >= 4 is 23.3 Å². The summed E-state index contributed by atoms with van der Waals surface area (Å²) in [4.78, 5) is 15.0. The lowest BCUT2D eigenvalue weighted by molar-refractivity contribution is -0.384. The largest absolute Gasteiger partial charge is 0.489 e. The molecule has 6 rings (SSSR count). The minimum atomic E-state index is -0.408. The zero-order valence-corrected chi connectivity index (χ0v) is 20.7. The number of nitro benzene ring substituents is 1. The minimum Gasteiger partial charge on any atom is -0.489 e. The van der Waals surface area contributed by atoms with Gasteiger partial charge in [0.25, 0.3) is 5.69 Å². The first-order chi connectivity index (χ1) is 18.6. The highest BCUT2D eigenvalue weighted by atomic mass is 16.6. The van der Waals surface area contributed by atoms with Gasteiger partial charge in [-0.1, -0.05) is 42.5 Å². The van der Waals surface area contributed by atoms with Crippen LogP contribution in [-0.4, -0.2) is 11.1 Å². The number of anilines is 1. The molecule has 1 aliphatic heterocycles. The molecule has 0 fully saturated rings. The van der Waals surface area contributed by atoms with E-state index >= 15 is 0 Å². The molecule has 2 aliphatic rings. The van der Waals surface area contributed by atoms with Crippen LogP contribution in [0.25, 0.3) is 0 Å². The number of nitro groups is 1. The van der Waals surface area contributed by atoms with Crippen LogP contribution in [0.5, 0.6) is 5.75 Å². The SMILES string of the molecule is O=[N+]([O-])c1ccc(COc2ccc(C=Nc3ccc([C@@H]4Nc5ccccc5[C@H]5C=CC[C@@H]54)cc3)cc2)cc1. The number of ether oxygens (including phenoxy) is 1. The highest BCUT2D eigenvalue weighted by Crippen LogP contribution is 2.49. The second kappa shape index (κ2) is 10.3. The van der Waals surface area contributed by atoms with Gasteiger partial charge in [-0.3, -0.25) is 15.1 Å². The van der Waals surface area contributed by atoms with Gasteiger partial charge in [-0.25, -0.2) is 0 Å². The van der Waals surface area contributed by atoms with E-state index in [1.807, 2.05) is 30.5 Å². The molecule has 4 aromatic carbocycles. The number of fused-ring (bicyclic) bond motifs is 3. The molecular weight excluding hydrogens is 474 g/mol. The highest BCUT2D eigenvalue weighted by Gasteiger charge is 2.37. The van der Waals surface area contributed by atoms with E-state index in [1.165, 1.54) is 28.9 Å². The number of benzene rings is 4.